The summed E-state index contributed by atoms with van der Waals surface area (Å²) in [4.78, 5) is 14.4. The Kier molecular flexibility index (Phi) is 3.77. The average molecular weight is 301 g/mol. The molecule has 0 aromatic heterocycles. The van der Waals surface area contributed by atoms with Crippen LogP contribution >= 0.6 is 0 Å². The Morgan fingerprint density at radius 2 is 1.85 bits per heavy atom. The summed E-state index contributed by atoms with van der Waals surface area (Å²) in [7, 11) is -3.13. The van der Waals surface area contributed by atoms with Crippen LogP contribution in [0.1, 0.15) is 19.3 Å². The van der Waals surface area contributed by atoms with E-state index in [0.29, 0.717) is 38.0 Å². The molecule has 1 N–H and O–H groups in total. The molecule has 3 rings (SSSR count). The zero-order chi connectivity index (χ0) is 14.3. The van der Waals surface area contributed by atoms with Crippen molar-refractivity contribution < 1.29 is 13.2 Å². The van der Waals surface area contributed by atoms with Gasteiger partial charge in [-0.05, 0) is 31.2 Å². The lowest BCUT2D eigenvalue weighted by Gasteiger charge is -2.35. The van der Waals surface area contributed by atoms with Gasteiger partial charge in [0.1, 0.15) is 0 Å². The van der Waals surface area contributed by atoms with Crippen LogP contribution < -0.4 is 5.32 Å². The van der Waals surface area contributed by atoms with Crippen LogP contribution in [0.2, 0.25) is 0 Å². The van der Waals surface area contributed by atoms with E-state index in [1.807, 2.05) is 4.90 Å². The first-order valence-electron chi connectivity index (χ1n) is 7.44. The number of hydrogen-bond acceptors (Lipinski definition) is 4. The van der Waals surface area contributed by atoms with Crippen molar-refractivity contribution >= 4 is 15.9 Å². The number of sulfonamides is 1. The minimum atomic E-state index is -3.13. The lowest BCUT2D eigenvalue weighted by atomic mass is 9.93. The lowest BCUT2D eigenvalue weighted by molar-refractivity contribution is -0.135. The van der Waals surface area contributed by atoms with Crippen molar-refractivity contribution in [2.24, 2.45) is 11.8 Å². The van der Waals surface area contributed by atoms with E-state index in [0.717, 1.165) is 13.0 Å². The molecule has 0 spiro atoms. The number of carbonyl (C=O) groups is 1. The molecule has 2 heterocycles. The van der Waals surface area contributed by atoms with E-state index in [4.69, 9.17) is 0 Å². The van der Waals surface area contributed by atoms with Crippen LogP contribution in [0.4, 0.5) is 0 Å². The third-order valence-electron chi connectivity index (χ3n) is 5.03. The number of rotatable bonds is 2. The molecule has 3 aliphatic rings. The molecule has 2 aliphatic heterocycles. The van der Waals surface area contributed by atoms with Gasteiger partial charge >= 0.3 is 0 Å². The monoisotopic (exact) mass is 301 g/mol. The standard InChI is InChI=1S/C13H23N3O3S/c1-20(18,19)16-7-5-15(6-8-16)13(17)12-11-4-2-3-10(11)9-14-12/h10-12,14H,2-9H2,1H3. The van der Waals surface area contributed by atoms with Gasteiger partial charge < -0.3 is 10.2 Å². The topological polar surface area (TPSA) is 69.7 Å². The van der Waals surface area contributed by atoms with Gasteiger partial charge in [0.25, 0.3) is 0 Å². The summed E-state index contributed by atoms with van der Waals surface area (Å²) in [6.07, 6.45) is 4.86. The highest BCUT2D eigenvalue weighted by Crippen LogP contribution is 2.38. The minimum absolute atomic E-state index is 0.0349. The number of piperazine rings is 1. The molecule has 1 amide bonds. The largest absolute Gasteiger partial charge is 0.339 e. The Hall–Kier alpha value is -0.660. The van der Waals surface area contributed by atoms with Crippen molar-refractivity contribution in [1.29, 1.82) is 0 Å². The van der Waals surface area contributed by atoms with Crippen LogP contribution in [-0.2, 0) is 14.8 Å². The molecule has 114 valence electrons. The molecular weight excluding hydrogens is 278 g/mol. The Bertz CT molecular complexity index is 485. The van der Waals surface area contributed by atoms with E-state index >= 15 is 0 Å². The summed E-state index contributed by atoms with van der Waals surface area (Å²) in [5.41, 5.74) is 0. The Morgan fingerprint density at radius 3 is 2.50 bits per heavy atom. The molecule has 0 aromatic rings. The van der Waals surface area contributed by atoms with Crippen molar-refractivity contribution in [3.63, 3.8) is 0 Å². The second-order valence-corrected chi connectivity index (χ2v) is 8.21. The van der Waals surface area contributed by atoms with Gasteiger partial charge in [-0.15, -0.1) is 0 Å². The van der Waals surface area contributed by atoms with Crippen molar-refractivity contribution in [1.82, 2.24) is 14.5 Å². The fraction of sp³-hybridized carbons (Fsp3) is 0.923. The van der Waals surface area contributed by atoms with E-state index < -0.39 is 10.0 Å². The number of fused-ring (bicyclic) bond motifs is 1. The van der Waals surface area contributed by atoms with Crippen LogP contribution in [0, 0.1) is 11.8 Å². The van der Waals surface area contributed by atoms with Gasteiger partial charge in [0.05, 0.1) is 12.3 Å². The van der Waals surface area contributed by atoms with Gasteiger partial charge in [-0.25, -0.2) is 8.42 Å². The molecule has 3 unspecified atom stereocenters. The Balaban J connectivity index is 1.59. The van der Waals surface area contributed by atoms with E-state index in [2.05, 4.69) is 5.32 Å². The second-order valence-electron chi connectivity index (χ2n) is 6.23. The third kappa shape index (κ3) is 2.58. The molecule has 1 aliphatic carbocycles. The van der Waals surface area contributed by atoms with Crippen molar-refractivity contribution in [2.75, 3.05) is 39.0 Å². The van der Waals surface area contributed by atoms with Crippen LogP contribution in [0.5, 0.6) is 0 Å². The normalized spacial score (nSPS) is 35.2. The minimum Gasteiger partial charge on any atom is -0.339 e. The van der Waals surface area contributed by atoms with Crippen molar-refractivity contribution in [3.05, 3.63) is 0 Å². The van der Waals surface area contributed by atoms with Crippen LogP contribution in [-0.4, -0.2) is 68.6 Å². The zero-order valence-corrected chi connectivity index (χ0v) is 12.7. The van der Waals surface area contributed by atoms with Gasteiger partial charge in [0.15, 0.2) is 0 Å². The summed E-state index contributed by atoms with van der Waals surface area (Å²) in [5.74, 6) is 1.34. The summed E-state index contributed by atoms with van der Waals surface area (Å²) in [6, 6.07) is -0.0349. The fourth-order valence-electron chi connectivity index (χ4n) is 3.89. The molecule has 1 saturated carbocycles. The highest BCUT2D eigenvalue weighted by molar-refractivity contribution is 7.88. The number of nitrogens with one attached hydrogen (secondary N) is 1. The summed E-state index contributed by atoms with van der Waals surface area (Å²) in [6.45, 7) is 2.84. The molecule has 0 radical (unpaired) electrons. The quantitative estimate of drug-likeness (QED) is 0.745. The highest BCUT2D eigenvalue weighted by atomic mass is 32.2. The summed E-state index contributed by atoms with van der Waals surface area (Å²) in [5, 5.41) is 3.37. The second kappa shape index (κ2) is 5.27. The molecule has 3 atom stereocenters. The van der Waals surface area contributed by atoms with E-state index in [1.54, 1.807) is 0 Å². The fourth-order valence-corrected chi connectivity index (χ4v) is 4.72. The molecule has 3 fully saturated rings. The van der Waals surface area contributed by atoms with E-state index in [1.165, 1.54) is 23.4 Å². The SMILES string of the molecule is CS(=O)(=O)N1CCN(C(=O)C2NCC3CCCC32)CC1. The first-order chi connectivity index (χ1) is 9.47. The van der Waals surface area contributed by atoms with Gasteiger partial charge in [-0.2, -0.15) is 4.31 Å². The maximum Gasteiger partial charge on any atom is 0.240 e. The van der Waals surface area contributed by atoms with Gasteiger partial charge in [0.2, 0.25) is 15.9 Å². The number of hydrogen-bond donors (Lipinski definition) is 1. The van der Waals surface area contributed by atoms with Crippen LogP contribution in [0.25, 0.3) is 0 Å². The smallest absolute Gasteiger partial charge is 0.240 e. The highest BCUT2D eigenvalue weighted by Gasteiger charge is 2.44. The zero-order valence-electron chi connectivity index (χ0n) is 11.9. The first-order valence-corrected chi connectivity index (χ1v) is 9.29. The maximum atomic E-state index is 12.6. The van der Waals surface area contributed by atoms with E-state index in [9.17, 15) is 13.2 Å². The predicted molar refractivity (Wildman–Crippen MR) is 75.6 cm³/mol. The molecule has 7 heteroatoms. The predicted octanol–water partition coefficient (Wildman–Crippen LogP) is -0.522. The van der Waals surface area contributed by atoms with Crippen molar-refractivity contribution in [3.8, 4) is 0 Å². The molecule has 2 saturated heterocycles. The molecule has 0 aromatic carbocycles. The first kappa shape index (κ1) is 14.3. The number of nitrogens with zero attached hydrogens (tertiary/aromatic N) is 2. The van der Waals surface area contributed by atoms with Crippen molar-refractivity contribution in [2.45, 2.75) is 25.3 Å². The third-order valence-corrected chi connectivity index (χ3v) is 6.33. The van der Waals surface area contributed by atoms with Crippen LogP contribution in [0.15, 0.2) is 0 Å². The molecule has 0 bridgehead atoms. The summed E-state index contributed by atoms with van der Waals surface area (Å²) >= 11 is 0. The summed E-state index contributed by atoms with van der Waals surface area (Å²) < 4.78 is 24.4. The Labute approximate surface area is 120 Å². The molecule has 20 heavy (non-hydrogen) atoms. The molecule has 6 nitrogen and oxygen atoms in total. The van der Waals surface area contributed by atoms with Gasteiger partial charge in [0, 0.05) is 26.2 Å². The number of amides is 1. The Morgan fingerprint density at radius 1 is 1.15 bits per heavy atom. The van der Waals surface area contributed by atoms with E-state index in [-0.39, 0.29) is 11.9 Å². The average Bonchev–Trinajstić information content (AvgIpc) is 2.99. The maximum absolute atomic E-state index is 12.6. The van der Waals surface area contributed by atoms with Crippen LogP contribution in [0.3, 0.4) is 0 Å². The van der Waals surface area contributed by atoms with Gasteiger partial charge in [-0.1, -0.05) is 6.42 Å². The van der Waals surface area contributed by atoms with Gasteiger partial charge in [-0.3, -0.25) is 4.79 Å². The lowest BCUT2D eigenvalue weighted by Crippen LogP contribution is -2.55. The number of carbonyl (C=O) groups excluding carboxylic acids is 1. The molecular formula is C13H23N3O3S.